The van der Waals surface area contributed by atoms with Gasteiger partial charge in [0, 0.05) is 0 Å². The second-order valence-electron chi connectivity index (χ2n) is 5.67. The average molecular weight is 270 g/mol. The average Bonchev–Trinajstić information content (AvgIpc) is 2.79. The smallest absolute Gasteiger partial charge is 0.122 e. The van der Waals surface area contributed by atoms with E-state index in [1.54, 1.807) is 0 Å². The van der Waals surface area contributed by atoms with Crippen molar-refractivity contribution in [2.45, 2.75) is 46.2 Å². The molecule has 2 rings (SSSR count). The second-order valence-corrected chi connectivity index (χ2v) is 5.67. The third kappa shape index (κ3) is 2.83. The van der Waals surface area contributed by atoms with Crippen LogP contribution >= 0.6 is 0 Å². The van der Waals surface area contributed by atoms with E-state index in [2.05, 4.69) is 53.8 Å². The molecular formula is C16H22N4. The van der Waals surface area contributed by atoms with Gasteiger partial charge in [-0.3, -0.25) is 5.32 Å². The minimum absolute atomic E-state index is 0.567. The number of aromatic nitrogens is 2. The summed E-state index contributed by atoms with van der Waals surface area (Å²) in [7, 11) is 0. The van der Waals surface area contributed by atoms with Crippen LogP contribution in [0.15, 0.2) is 18.5 Å². The fraction of sp³-hybridized carbons (Fsp3) is 0.500. The number of aryl methyl sites for hydroxylation is 2. The van der Waals surface area contributed by atoms with Crippen LogP contribution in [-0.4, -0.2) is 21.6 Å². The molecule has 0 spiro atoms. The maximum Gasteiger partial charge on any atom is 0.122 e. The topological polar surface area (TPSA) is 53.6 Å². The quantitative estimate of drug-likeness (QED) is 0.908. The van der Waals surface area contributed by atoms with Crippen LogP contribution in [0.25, 0.3) is 11.0 Å². The summed E-state index contributed by atoms with van der Waals surface area (Å²) < 4.78 is 2.06. The lowest BCUT2D eigenvalue weighted by atomic mass is 10.0. The normalized spacial score (nSPS) is 14.2. The van der Waals surface area contributed by atoms with Crippen molar-refractivity contribution in [2.75, 3.05) is 6.54 Å². The molecule has 1 aromatic heterocycles. The first-order valence-corrected chi connectivity index (χ1v) is 7.07. The zero-order valence-electron chi connectivity index (χ0n) is 12.7. The molecule has 1 N–H and O–H groups in total. The first-order chi connectivity index (χ1) is 9.49. The first kappa shape index (κ1) is 14.5. The zero-order chi connectivity index (χ0) is 14.8. The highest BCUT2D eigenvalue weighted by Crippen LogP contribution is 2.20. The van der Waals surface area contributed by atoms with Gasteiger partial charge in [0.05, 0.1) is 30.0 Å². The lowest BCUT2D eigenvalue weighted by Crippen LogP contribution is -2.44. The Kier molecular flexibility index (Phi) is 4.10. The number of nitriles is 1. The van der Waals surface area contributed by atoms with E-state index < -0.39 is 5.54 Å². The van der Waals surface area contributed by atoms with Crippen molar-refractivity contribution in [2.24, 2.45) is 0 Å². The van der Waals surface area contributed by atoms with E-state index in [-0.39, 0.29) is 0 Å². The molecule has 0 saturated heterocycles. The maximum absolute atomic E-state index is 9.44. The Hall–Kier alpha value is -1.86. The van der Waals surface area contributed by atoms with Crippen LogP contribution in [0.3, 0.4) is 0 Å². The fourth-order valence-electron chi connectivity index (χ4n) is 2.31. The largest absolute Gasteiger partial charge is 0.328 e. The van der Waals surface area contributed by atoms with Gasteiger partial charge in [-0.2, -0.15) is 5.26 Å². The fourth-order valence-corrected chi connectivity index (χ4v) is 2.31. The highest BCUT2D eigenvalue weighted by molar-refractivity contribution is 5.77. The maximum atomic E-state index is 9.44. The Morgan fingerprint density at radius 2 is 2.05 bits per heavy atom. The summed E-state index contributed by atoms with van der Waals surface area (Å²) in [6.45, 7) is 9.68. The van der Waals surface area contributed by atoms with Gasteiger partial charge in [0.2, 0.25) is 0 Å². The molecule has 2 aromatic rings. The van der Waals surface area contributed by atoms with Crippen molar-refractivity contribution >= 4 is 11.0 Å². The van der Waals surface area contributed by atoms with Gasteiger partial charge in [0.25, 0.3) is 0 Å². The molecule has 0 aliphatic rings. The highest BCUT2D eigenvalue weighted by Gasteiger charge is 2.24. The van der Waals surface area contributed by atoms with Gasteiger partial charge < -0.3 is 4.57 Å². The molecule has 1 atom stereocenters. The lowest BCUT2D eigenvalue weighted by Gasteiger charge is -2.24. The highest BCUT2D eigenvalue weighted by atomic mass is 15.1. The molecule has 4 heteroatoms. The van der Waals surface area contributed by atoms with Crippen molar-refractivity contribution in [1.29, 1.82) is 5.26 Å². The van der Waals surface area contributed by atoms with Gasteiger partial charge in [-0.15, -0.1) is 0 Å². The van der Waals surface area contributed by atoms with Crippen LogP contribution in [-0.2, 0) is 6.54 Å². The van der Waals surface area contributed by atoms with Gasteiger partial charge >= 0.3 is 0 Å². The van der Waals surface area contributed by atoms with Crippen LogP contribution in [0.1, 0.15) is 31.4 Å². The molecule has 0 fully saturated rings. The number of imidazole rings is 1. The van der Waals surface area contributed by atoms with Crippen LogP contribution in [0, 0.1) is 25.2 Å². The molecule has 0 radical (unpaired) electrons. The van der Waals surface area contributed by atoms with E-state index in [1.807, 2.05) is 13.3 Å². The summed E-state index contributed by atoms with van der Waals surface area (Å²) in [5, 5.41) is 12.7. The molecule has 1 heterocycles. The van der Waals surface area contributed by atoms with E-state index >= 15 is 0 Å². The Labute approximate surface area is 120 Å². The Bertz CT molecular complexity index is 650. The Balaban J connectivity index is 2.34. The SMILES string of the molecule is CCCNC(C)(C#N)Cn1cnc2cc(C)c(C)cc21. The minimum atomic E-state index is -0.567. The monoisotopic (exact) mass is 270 g/mol. The van der Waals surface area contributed by atoms with Gasteiger partial charge in [-0.25, -0.2) is 4.98 Å². The molecule has 0 saturated carbocycles. The number of hydrogen-bond acceptors (Lipinski definition) is 3. The summed E-state index contributed by atoms with van der Waals surface area (Å²) in [4.78, 5) is 4.45. The van der Waals surface area contributed by atoms with Crippen LogP contribution in [0.5, 0.6) is 0 Å². The number of nitrogens with zero attached hydrogens (tertiary/aromatic N) is 3. The molecule has 0 aliphatic heterocycles. The number of rotatable bonds is 5. The van der Waals surface area contributed by atoms with E-state index in [1.165, 1.54) is 11.1 Å². The summed E-state index contributed by atoms with van der Waals surface area (Å²) in [5.74, 6) is 0. The van der Waals surface area contributed by atoms with Gasteiger partial charge in [-0.05, 0) is 57.0 Å². The van der Waals surface area contributed by atoms with Crippen molar-refractivity contribution in [3.63, 3.8) is 0 Å². The Morgan fingerprint density at radius 3 is 2.70 bits per heavy atom. The van der Waals surface area contributed by atoms with E-state index in [0.717, 1.165) is 24.0 Å². The van der Waals surface area contributed by atoms with Gasteiger partial charge in [-0.1, -0.05) is 6.92 Å². The lowest BCUT2D eigenvalue weighted by molar-refractivity contribution is 0.393. The van der Waals surface area contributed by atoms with Gasteiger partial charge in [0.1, 0.15) is 5.54 Å². The van der Waals surface area contributed by atoms with E-state index in [0.29, 0.717) is 6.54 Å². The molecular weight excluding hydrogens is 248 g/mol. The summed E-state index contributed by atoms with van der Waals surface area (Å²) >= 11 is 0. The molecule has 0 amide bonds. The van der Waals surface area contributed by atoms with E-state index in [4.69, 9.17) is 0 Å². The third-order valence-electron chi connectivity index (χ3n) is 3.74. The summed E-state index contributed by atoms with van der Waals surface area (Å²) in [5.41, 5.74) is 4.01. The third-order valence-corrected chi connectivity index (χ3v) is 3.74. The first-order valence-electron chi connectivity index (χ1n) is 7.07. The predicted molar refractivity (Wildman–Crippen MR) is 81.5 cm³/mol. The number of fused-ring (bicyclic) bond motifs is 1. The second kappa shape index (κ2) is 5.64. The summed E-state index contributed by atoms with van der Waals surface area (Å²) in [6, 6.07) is 6.63. The van der Waals surface area contributed by atoms with Gasteiger partial charge in [0.15, 0.2) is 0 Å². The Morgan fingerprint density at radius 1 is 1.35 bits per heavy atom. The number of nitrogens with one attached hydrogen (secondary N) is 1. The van der Waals surface area contributed by atoms with Crippen molar-refractivity contribution in [1.82, 2.24) is 14.9 Å². The van der Waals surface area contributed by atoms with Crippen LogP contribution in [0.4, 0.5) is 0 Å². The molecule has 20 heavy (non-hydrogen) atoms. The molecule has 1 aromatic carbocycles. The van der Waals surface area contributed by atoms with Crippen LogP contribution < -0.4 is 5.32 Å². The van der Waals surface area contributed by atoms with E-state index in [9.17, 15) is 5.26 Å². The van der Waals surface area contributed by atoms with Crippen molar-refractivity contribution in [3.05, 3.63) is 29.6 Å². The molecule has 1 unspecified atom stereocenters. The zero-order valence-corrected chi connectivity index (χ0v) is 12.7. The number of benzene rings is 1. The molecule has 0 aliphatic carbocycles. The molecule has 0 bridgehead atoms. The van der Waals surface area contributed by atoms with Crippen molar-refractivity contribution in [3.8, 4) is 6.07 Å². The van der Waals surface area contributed by atoms with Crippen LogP contribution in [0.2, 0.25) is 0 Å². The molecule has 106 valence electrons. The molecule has 4 nitrogen and oxygen atoms in total. The number of hydrogen-bond donors (Lipinski definition) is 1. The van der Waals surface area contributed by atoms with Crippen molar-refractivity contribution < 1.29 is 0 Å². The minimum Gasteiger partial charge on any atom is -0.328 e. The standard InChI is InChI=1S/C16H22N4/c1-5-6-19-16(4,9-17)10-20-11-18-14-7-12(2)13(3)8-15(14)20/h7-8,11,19H,5-6,10H2,1-4H3. The predicted octanol–water partition coefficient (Wildman–Crippen LogP) is 2.94. The summed E-state index contributed by atoms with van der Waals surface area (Å²) in [6.07, 6.45) is 2.84.